The number of benzene rings is 2. The van der Waals surface area contributed by atoms with Crippen LogP contribution in [0.5, 0.6) is 5.75 Å². The molecule has 6 nitrogen and oxygen atoms in total. The van der Waals surface area contributed by atoms with Crippen LogP contribution in [0.2, 0.25) is 0 Å². The van der Waals surface area contributed by atoms with Gasteiger partial charge in [0.25, 0.3) is 0 Å². The molecule has 136 valence electrons. The van der Waals surface area contributed by atoms with Crippen LogP contribution in [0.4, 0.5) is 0 Å². The fraction of sp³-hybridized carbons (Fsp3) is 0.211. The van der Waals surface area contributed by atoms with E-state index in [-0.39, 0.29) is 4.90 Å². The van der Waals surface area contributed by atoms with Crippen molar-refractivity contribution in [3.05, 3.63) is 72.6 Å². The lowest BCUT2D eigenvalue weighted by Crippen LogP contribution is -2.25. The summed E-state index contributed by atoms with van der Waals surface area (Å²) >= 11 is 0. The highest BCUT2D eigenvalue weighted by molar-refractivity contribution is 7.89. The zero-order valence-electron chi connectivity index (χ0n) is 14.5. The number of hydrogen-bond acceptors (Lipinski definition) is 4. The van der Waals surface area contributed by atoms with Crippen molar-refractivity contribution in [2.24, 2.45) is 0 Å². The SMILES string of the molecule is CCOc1ccc(S(=O)(=O)NCCc2cnn(-c3ccccc3)c2)cc1. The monoisotopic (exact) mass is 371 g/mol. The van der Waals surface area contributed by atoms with Crippen LogP contribution >= 0.6 is 0 Å². The number of para-hydroxylation sites is 1. The number of nitrogens with zero attached hydrogens (tertiary/aromatic N) is 2. The van der Waals surface area contributed by atoms with E-state index >= 15 is 0 Å². The summed E-state index contributed by atoms with van der Waals surface area (Å²) in [5.74, 6) is 0.653. The lowest BCUT2D eigenvalue weighted by Gasteiger charge is -2.07. The molecule has 0 spiro atoms. The molecular weight excluding hydrogens is 350 g/mol. The van der Waals surface area contributed by atoms with E-state index in [0.717, 1.165) is 11.3 Å². The third-order valence-electron chi connectivity index (χ3n) is 3.81. The van der Waals surface area contributed by atoms with Gasteiger partial charge in [-0.2, -0.15) is 5.10 Å². The van der Waals surface area contributed by atoms with Crippen LogP contribution in [0.1, 0.15) is 12.5 Å². The molecule has 1 aromatic heterocycles. The van der Waals surface area contributed by atoms with E-state index in [9.17, 15) is 8.42 Å². The summed E-state index contributed by atoms with van der Waals surface area (Å²) in [5, 5.41) is 4.31. The van der Waals surface area contributed by atoms with Gasteiger partial charge in [-0.15, -0.1) is 0 Å². The van der Waals surface area contributed by atoms with Gasteiger partial charge in [0, 0.05) is 12.7 Å². The summed E-state index contributed by atoms with van der Waals surface area (Å²) in [6, 6.07) is 16.2. The van der Waals surface area contributed by atoms with Crippen LogP contribution in [0.25, 0.3) is 5.69 Å². The van der Waals surface area contributed by atoms with Crippen molar-refractivity contribution in [1.29, 1.82) is 0 Å². The Morgan fingerprint density at radius 1 is 1.08 bits per heavy atom. The molecule has 0 radical (unpaired) electrons. The molecule has 0 aliphatic rings. The third-order valence-corrected chi connectivity index (χ3v) is 5.28. The highest BCUT2D eigenvalue weighted by Crippen LogP contribution is 2.16. The second kappa shape index (κ2) is 8.16. The van der Waals surface area contributed by atoms with Gasteiger partial charge in [0.05, 0.1) is 23.4 Å². The quantitative estimate of drug-likeness (QED) is 0.661. The number of aromatic nitrogens is 2. The molecule has 3 rings (SSSR count). The molecular formula is C19H21N3O3S. The predicted octanol–water partition coefficient (Wildman–Crippen LogP) is 2.79. The van der Waals surface area contributed by atoms with Crippen molar-refractivity contribution >= 4 is 10.0 Å². The van der Waals surface area contributed by atoms with Crippen LogP contribution in [0.3, 0.4) is 0 Å². The largest absolute Gasteiger partial charge is 0.494 e. The van der Waals surface area contributed by atoms with E-state index in [1.807, 2.05) is 43.5 Å². The highest BCUT2D eigenvalue weighted by Gasteiger charge is 2.13. The average Bonchev–Trinajstić information content (AvgIpc) is 3.12. The van der Waals surface area contributed by atoms with Gasteiger partial charge < -0.3 is 4.74 Å². The van der Waals surface area contributed by atoms with Crippen LogP contribution < -0.4 is 9.46 Å². The molecule has 3 aromatic rings. The average molecular weight is 371 g/mol. The van der Waals surface area contributed by atoms with Crippen LogP contribution in [-0.2, 0) is 16.4 Å². The van der Waals surface area contributed by atoms with Gasteiger partial charge in [-0.25, -0.2) is 17.8 Å². The molecule has 0 fully saturated rings. The number of sulfonamides is 1. The maximum absolute atomic E-state index is 12.3. The molecule has 0 bridgehead atoms. The van der Waals surface area contributed by atoms with Gasteiger partial charge in [-0.1, -0.05) is 18.2 Å². The van der Waals surface area contributed by atoms with Gasteiger partial charge >= 0.3 is 0 Å². The zero-order chi connectivity index (χ0) is 18.4. The molecule has 0 amide bonds. The van der Waals surface area contributed by atoms with E-state index in [1.54, 1.807) is 35.1 Å². The van der Waals surface area contributed by atoms with E-state index in [1.165, 1.54) is 0 Å². The molecule has 1 N–H and O–H groups in total. The third kappa shape index (κ3) is 4.50. The normalized spacial score (nSPS) is 11.4. The van der Waals surface area contributed by atoms with Gasteiger partial charge in [0.1, 0.15) is 5.75 Å². The van der Waals surface area contributed by atoms with E-state index in [0.29, 0.717) is 25.3 Å². The standard InChI is InChI=1S/C19H21N3O3S/c1-2-25-18-8-10-19(11-9-18)26(23,24)21-13-12-16-14-20-22(15-16)17-6-4-3-5-7-17/h3-11,14-15,21H,2,12-13H2,1H3. The first-order valence-corrected chi connectivity index (χ1v) is 9.88. The number of nitrogens with one attached hydrogen (secondary N) is 1. The first-order valence-electron chi connectivity index (χ1n) is 8.40. The Hall–Kier alpha value is -2.64. The van der Waals surface area contributed by atoms with Crippen molar-refractivity contribution in [2.75, 3.05) is 13.2 Å². The summed E-state index contributed by atoms with van der Waals surface area (Å²) in [6.07, 6.45) is 4.21. The van der Waals surface area contributed by atoms with E-state index < -0.39 is 10.0 Å². The minimum absolute atomic E-state index is 0.223. The van der Waals surface area contributed by atoms with Gasteiger partial charge in [0.15, 0.2) is 0 Å². The lowest BCUT2D eigenvalue weighted by atomic mass is 10.2. The highest BCUT2D eigenvalue weighted by atomic mass is 32.2. The second-order valence-electron chi connectivity index (χ2n) is 5.68. The molecule has 0 unspecified atom stereocenters. The Balaban J connectivity index is 1.58. The summed E-state index contributed by atoms with van der Waals surface area (Å²) in [6.45, 7) is 2.73. The maximum Gasteiger partial charge on any atom is 0.240 e. The molecule has 0 aliphatic heterocycles. The summed E-state index contributed by atoms with van der Waals surface area (Å²) in [4.78, 5) is 0.223. The first-order chi connectivity index (χ1) is 12.6. The number of rotatable bonds is 8. The fourth-order valence-corrected chi connectivity index (χ4v) is 3.54. The van der Waals surface area contributed by atoms with E-state index in [4.69, 9.17) is 4.74 Å². The van der Waals surface area contributed by atoms with E-state index in [2.05, 4.69) is 9.82 Å². The Morgan fingerprint density at radius 2 is 1.81 bits per heavy atom. The molecule has 7 heteroatoms. The Labute approximate surface area is 153 Å². The maximum atomic E-state index is 12.3. The van der Waals surface area contributed by atoms with Crippen LogP contribution in [0.15, 0.2) is 71.9 Å². The zero-order valence-corrected chi connectivity index (χ0v) is 15.3. The van der Waals surface area contributed by atoms with Crippen LogP contribution in [-0.4, -0.2) is 31.3 Å². The minimum atomic E-state index is -3.54. The number of ether oxygens (including phenoxy) is 1. The summed E-state index contributed by atoms with van der Waals surface area (Å²) < 4.78 is 34.4. The number of hydrogen-bond donors (Lipinski definition) is 1. The van der Waals surface area contributed by atoms with Crippen molar-refractivity contribution < 1.29 is 13.2 Å². The molecule has 26 heavy (non-hydrogen) atoms. The Kier molecular flexibility index (Phi) is 5.70. The minimum Gasteiger partial charge on any atom is -0.494 e. The summed E-state index contributed by atoms with van der Waals surface area (Å²) in [7, 11) is -3.54. The van der Waals surface area contributed by atoms with Gasteiger partial charge in [-0.3, -0.25) is 0 Å². The van der Waals surface area contributed by atoms with Gasteiger partial charge in [-0.05, 0) is 55.3 Å². The lowest BCUT2D eigenvalue weighted by molar-refractivity contribution is 0.340. The molecule has 0 saturated carbocycles. The molecule has 0 aliphatic carbocycles. The van der Waals surface area contributed by atoms with Crippen molar-refractivity contribution in [2.45, 2.75) is 18.2 Å². The molecule has 1 heterocycles. The molecule has 0 saturated heterocycles. The summed E-state index contributed by atoms with van der Waals surface area (Å²) in [5.41, 5.74) is 1.93. The van der Waals surface area contributed by atoms with Crippen molar-refractivity contribution in [1.82, 2.24) is 14.5 Å². The fourth-order valence-electron chi connectivity index (χ4n) is 2.51. The smallest absolute Gasteiger partial charge is 0.240 e. The van der Waals surface area contributed by atoms with Crippen LogP contribution in [0, 0.1) is 0 Å². The topological polar surface area (TPSA) is 73.2 Å². The van der Waals surface area contributed by atoms with Crippen molar-refractivity contribution in [3.8, 4) is 11.4 Å². The second-order valence-corrected chi connectivity index (χ2v) is 7.45. The first kappa shape index (κ1) is 18.2. The predicted molar refractivity (Wildman–Crippen MR) is 100 cm³/mol. The molecule has 2 aromatic carbocycles. The molecule has 0 atom stereocenters. The van der Waals surface area contributed by atoms with Crippen molar-refractivity contribution in [3.63, 3.8) is 0 Å². The Bertz CT molecular complexity index is 936. The van der Waals surface area contributed by atoms with Gasteiger partial charge in [0.2, 0.25) is 10.0 Å². The Morgan fingerprint density at radius 3 is 2.50 bits per heavy atom.